The quantitative estimate of drug-likeness (QED) is 0.629. The van der Waals surface area contributed by atoms with Gasteiger partial charge in [0, 0.05) is 12.6 Å². The summed E-state index contributed by atoms with van der Waals surface area (Å²) in [5.41, 5.74) is 0. The van der Waals surface area contributed by atoms with E-state index < -0.39 is 0 Å². The molecular weight excluding hydrogens is 234 g/mol. The molecule has 0 aromatic carbocycles. The molecular formula is C17H35NO. The zero-order valence-electron chi connectivity index (χ0n) is 13.4. The lowest BCUT2D eigenvalue weighted by Gasteiger charge is -2.30. The first-order valence-electron chi connectivity index (χ1n) is 8.65. The Kier molecular flexibility index (Phi) is 9.54. The number of unbranched alkanes of at least 4 members (excludes halogenated alkanes) is 1. The Morgan fingerprint density at radius 1 is 1.05 bits per heavy atom. The molecule has 1 fully saturated rings. The van der Waals surface area contributed by atoms with Gasteiger partial charge in [-0.05, 0) is 51.0 Å². The summed E-state index contributed by atoms with van der Waals surface area (Å²) >= 11 is 0. The van der Waals surface area contributed by atoms with E-state index in [2.05, 4.69) is 26.1 Å². The zero-order valence-corrected chi connectivity index (χ0v) is 13.4. The van der Waals surface area contributed by atoms with Crippen molar-refractivity contribution >= 4 is 0 Å². The molecule has 0 saturated heterocycles. The van der Waals surface area contributed by atoms with Crippen molar-refractivity contribution in [1.82, 2.24) is 5.32 Å². The predicted molar refractivity (Wildman–Crippen MR) is 83.6 cm³/mol. The molecule has 1 N–H and O–H groups in total. The Morgan fingerprint density at radius 3 is 2.37 bits per heavy atom. The molecule has 0 aromatic heterocycles. The van der Waals surface area contributed by atoms with Crippen molar-refractivity contribution in [2.75, 3.05) is 13.2 Å². The van der Waals surface area contributed by atoms with Gasteiger partial charge in [0.15, 0.2) is 0 Å². The summed E-state index contributed by atoms with van der Waals surface area (Å²) in [5, 5.41) is 3.64. The minimum Gasteiger partial charge on any atom is -0.378 e. The second-order valence-electron chi connectivity index (χ2n) is 6.18. The summed E-state index contributed by atoms with van der Waals surface area (Å²) < 4.78 is 6.16. The van der Waals surface area contributed by atoms with E-state index >= 15 is 0 Å². The first kappa shape index (κ1) is 17.0. The molecule has 1 saturated carbocycles. The van der Waals surface area contributed by atoms with E-state index in [4.69, 9.17) is 4.74 Å². The van der Waals surface area contributed by atoms with Crippen LogP contribution in [0.15, 0.2) is 0 Å². The maximum Gasteiger partial charge on any atom is 0.0576 e. The Labute approximate surface area is 120 Å². The van der Waals surface area contributed by atoms with E-state index in [0.717, 1.165) is 18.6 Å². The average molecular weight is 269 g/mol. The van der Waals surface area contributed by atoms with Crippen LogP contribution in [0.1, 0.15) is 78.6 Å². The third-order valence-corrected chi connectivity index (χ3v) is 4.47. The monoisotopic (exact) mass is 269 g/mol. The van der Waals surface area contributed by atoms with Crippen LogP contribution in [-0.4, -0.2) is 25.3 Å². The van der Waals surface area contributed by atoms with Gasteiger partial charge in [0.2, 0.25) is 0 Å². The molecule has 19 heavy (non-hydrogen) atoms. The van der Waals surface area contributed by atoms with Gasteiger partial charge in [0.05, 0.1) is 6.10 Å². The first-order valence-corrected chi connectivity index (χ1v) is 8.65. The second-order valence-corrected chi connectivity index (χ2v) is 6.18. The lowest BCUT2D eigenvalue weighted by molar-refractivity contribution is 0.000572. The summed E-state index contributed by atoms with van der Waals surface area (Å²) in [6, 6.07) is 0.752. The molecule has 0 aromatic rings. The lowest BCUT2D eigenvalue weighted by Crippen LogP contribution is -2.36. The van der Waals surface area contributed by atoms with Crippen molar-refractivity contribution in [3.8, 4) is 0 Å². The molecule has 114 valence electrons. The highest BCUT2D eigenvalue weighted by atomic mass is 16.5. The number of ether oxygens (including phenoxy) is 1. The van der Waals surface area contributed by atoms with E-state index in [0.29, 0.717) is 6.10 Å². The van der Waals surface area contributed by atoms with Crippen LogP contribution < -0.4 is 5.32 Å². The summed E-state index contributed by atoms with van der Waals surface area (Å²) in [4.78, 5) is 0. The molecule has 2 heteroatoms. The Hall–Kier alpha value is -0.0800. The lowest BCUT2D eigenvalue weighted by atomic mass is 9.92. The number of rotatable bonds is 10. The molecule has 0 amide bonds. The Morgan fingerprint density at radius 2 is 1.79 bits per heavy atom. The van der Waals surface area contributed by atoms with Gasteiger partial charge in [0.25, 0.3) is 0 Å². The number of hydrogen-bond acceptors (Lipinski definition) is 2. The molecule has 2 nitrogen and oxygen atoms in total. The van der Waals surface area contributed by atoms with Gasteiger partial charge in [0.1, 0.15) is 0 Å². The van der Waals surface area contributed by atoms with Gasteiger partial charge in [-0.3, -0.25) is 0 Å². The Balaban J connectivity index is 2.11. The minimum absolute atomic E-state index is 0.537. The topological polar surface area (TPSA) is 21.3 Å². The SMILES string of the molecule is CCCCC(CC)COC1CCC(NCCC)CC1. The van der Waals surface area contributed by atoms with Gasteiger partial charge in [-0.2, -0.15) is 0 Å². The summed E-state index contributed by atoms with van der Waals surface area (Å²) in [5.74, 6) is 0.788. The maximum atomic E-state index is 6.16. The van der Waals surface area contributed by atoms with E-state index in [-0.39, 0.29) is 0 Å². The van der Waals surface area contributed by atoms with Gasteiger partial charge in [-0.1, -0.05) is 40.0 Å². The maximum absolute atomic E-state index is 6.16. The smallest absolute Gasteiger partial charge is 0.0576 e. The van der Waals surface area contributed by atoms with Gasteiger partial charge < -0.3 is 10.1 Å². The van der Waals surface area contributed by atoms with Crippen LogP contribution in [0, 0.1) is 5.92 Å². The number of hydrogen-bond donors (Lipinski definition) is 1. The van der Waals surface area contributed by atoms with Crippen molar-refractivity contribution in [3.05, 3.63) is 0 Å². The van der Waals surface area contributed by atoms with Crippen LogP contribution in [0.4, 0.5) is 0 Å². The van der Waals surface area contributed by atoms with E-state index in [1.165, 1.54) is 64.3 Å². The zero-order chi connectivity index (χ0) is 13.9. The fraction of sp³-hybridized carbons (Fsp3) is 1.00. The summed E-state index contributed by atoms with van der Waals surface area (Å²) in [6.45, 7) is 8.98. The summed E-state index contributed by atoms with van der Waals surface area (Å²) in [6.07, 6.45) is 12.2. The van der Waals surface area contributed by atoms with Crippen LogP contribution in [0.2, 0.25) is 0 Å². The molecule has 1 rings (SSSR count). The van der Waals surface area contributed by atoms with Crippen molar-refractivity contribution in [2.24, 2.45) is 5.92 Å². The molecule has 0 aliphatic heterocycles. The fourth-order valence-electron chi connectivity index (χ4n) is 2.95. The fourth-order valence-corrected chi connectivity index (χ4v) is 2.95. The van der Waals surface area contributed by atoms with Crippen LogP contribution in [0.5, 0.6) is 0 Å². The largest absolute Gasteiger partial charge is 0.378 e. The molecule has 0 spiro atoms. The average Bonchev–Trinajstić information content (AvgIpc) is 2.46. The van der Waals surface area contributed by atoms with E-state index in [1.54, 1.807) is 0 Å². The normalized spacial score (nSPS) is 25.4. The standard InChI is InChI=1S/C17H35NO/c1-4-7-8-15(6-3)14-19-17-11-9-16(10-12-17)18-13-5-2/h15-18H,4-14H2,1-3H3. The number of nitrogens with one attached hydrogen (secondary N) is 1. The molecule has 1 aliphatic carbocycles. The van der Waals surface area contributed by atoms with Gasteiger partial charge in [-0.15, -0.1) is 0 Å². The molecule has 1 atom stereocenters. The van der Waals surface area contributed by atoms with Gasteiger partial charge in [-0.25, -0.2) is 0 Å². The highest BCUT2D eigenvalue weighted by Crippen LogP contribution is 2.23. The highest BCUT2D eigenvalue weighted by Gasteiger charge is 2.21. The molecule has 0 radical (unpaired) electrons. The summed E-state index contributed by atoms with van der Waals surface area (Å²) in [7, 11) is 0. The second kappa shape index (κ2) is 10.7. The van der Waals surface area contributed by atoms with E-state index in [9.17, 15) is 0 Å². The van der Waals surface area contributed by atoms with Crippen LogP contribution in [0.25, 0.3) is 0 Å². The van der Waals surface area contributed by atoms with Crippen molar-refractivity contribution in [3.63, 3.8) is 0 Å². The van der Waals surface area contributed by atoms with Crippen molar-refractivity contribution in [2.45, 2.75) is 90.7 Å². The van der Waals surface area contributed by atoms with Gasteiger partial charge >= 0.3 is 0 Å². The van der Waals surface area contributed by atoms with Crippen molar-refractivity contribution < 1.29 is 4.74 Å². The van der Waals surface area contributed by atoms with Crippen LogP contribution in [0.3, 0.4) is 0 Å². The van der Waals surface area contributed by atoms with Crippen molar-refractivity contribution in [1.29, 1.82) is 0 Å². The van der Waals surface area contributed by atoms with Crippen LogP contribution >= 0.6 is 0 Å². The highest BCUT2D eigenvalue weighted by molar-refractivity contribution is 4.77. The third kappa shape index (κ3) is 7.31. The van der Waals surface area contributed by atoms with E-state index in [1.807, 2.05) is 0 Å². The minimum atomic E-state index is 0.537. The first-order chi connectivity index (χ1) is 9.30. The Bertz CT molecular complexity index is 199. The predicted octanol–water partition coefficient (Wildman–Crippen LogP) is 4.53. The molecule has 1 aliphatic rings. The molecule has 1 unspecified atom stereocenters. The molecule has 0 heterocycles. The third-order valence-electron chi connectivity index (χ3n) is 4.47. The van der Waals surface area contributed by atoms with Crippen LogP contribution in [-0.2, 0) is 4.74 Å². The molecule has 0 bridgehead atoms.